The molecule has 0 bridgehead atoms. The van der Waals surface area contributed by atoms with Crippen molar-refractivity contribution in [2.75, 3.05) is 0 Å². The maximum absolute atomic E-state index is 12.8. The predicted octanol–water partition coefficient (Wildman–Crippen LogP) is 5.76. The number of alkyl halides is 3. The van der Waals surface area contributed by atoms with E-state index in [0.29, 0.717) is 29.8 Å². The second kappa shape index (κ2) is 7.44. The van der Waals surface area contributed by atoms with E-state index in [0.717, 1.165) is 17.7 Å². The summed E-state index contributed by atoms with van der Waals surface area (Å²) in [5.74, 6) is 0.572. The Morgan fingerprint density at radius 3 is 2.35 bits per heavy atom. The van der Waals surface area contributed by atoms with Gasteiger partial charge in [-0.25, -0.2) is 0 Å². The molecule has 0 saturated heterocycles. The Kier molecular flexibility index (Phi) is 5.07. The second-order valence-corrected chi connectivity index (χ2v) is 5.72. The van der Waals surface area contributed by atoms with E-state index in [1.807, 2.05) is 30.3 Å². The molecule has 132 valence electrons. The van der Waals surface area contributed by atoms with Gasteiger partial charge in [0.2, 0.25) is 0 Å². The van der Waals surface area contributed by atoms with Crippen LogP contribution in [-0.4, -0.2) is 6.29 Å². The van der Waals surface area contributed by atoms with Gasteiger partial charge in [-0.05, 0) is 41.0 Å². The number of hydrogen-bond donors (Lipinski definition) is 0. The van der Waals surface area contributed by atoms with Gasteiger partial charge in [0.1, 0.15) is 12.4 Å². The first-order chi connectivity index (χ1) is 12.5. The van der Waals surface area contributed by atoms with E-state index in [-0.39, 0.29) is 5.56 Å². The third kappa shape index (κ3) is 4.11. The molecule has 26 heavy (non-hydrogen) atoms. The van der Waals surface area contributed by atoms with Crippen LogP contribution in [0.15, 0.2) is 72.8 Å². The van der Waals surface area contributed by atoms with Crippen molar-refractivity contribution in [3.05, 3.63) is 89.5 Å². The Labute approximate surface area is 148 Å². The number of hydrogen-bond acceptors (Lipinski definition) is 2. The fourth-order valence-corrected chi connectivity index (χ4v) is 2.59. The topological polar surface area (TPSA) is 26.3 Å². The highest BCUT2D eigenvalue weighted by atomic mass is 19.4. The minimum absolute atomic E-state index is 0.0139. The standard InChI is InChI=1S/C21H15F3O2/c22-21(23,24)18-9-10-20(17(11-18)13-25)16-7-4-8-19(12-16)26-14-15-5-2-1-3-6-15/h1-13H,14H2. The molecule has 0 atom stereocenters. The molecular formula is C21H15F3O2. The first-order valence-electron chi connectivity index (χ1n) is 7.91. The minimum Gasteiger partial charge on any atom is -0.489 e. The minimum atomic E-state index is -4.49. The number of benzene rings is 3. The van der Waals surface area contributed by atoms with Crippen LogP contribution in [0.25, 0.3) is 11.1 Å². The molecule has 3 aromatic rings. The van der Waals surface area contributed by atoms with Crippen LogP contribution in [0.3, 0.4) is 0 Å². The van der Waals surface area contributed by atoms with E-state index >= 15 is 0 Å². The molecule has 0 aliphatic carbocycles. The van der Waals surface area contributed by atoms with Crippen molar-refractivity contribution in [3.63, 3.8) is 0 Å². The lowest BCUT2D eigenvalue weighted by Gasteiger charge is -2.12. The maximum atomic E-state index is 12.8. The summed E-state index contributed by atoms with van der Waals surface area (Å²) < 4.78 is 44.2. The molecule has 0 unspecified atom stereocenters. The molecule has 0 aromatic heterocycles. The van der Waals surface area contributed by atoms with Crippen LogP contribution >= 0.6 is 0 Å². The van der Waals surface area contributed by atoms with Gasteiger partial charge in [0.25, 0.3) is 0 Å². The summed E-state index contributed by atoms with van der Waals surface area (Å²) >= 11 is 0. The van der Waals surface area contributed by atoms with Crippen molar-refractivity contribution in [1.29, 1.82) is 0 Å². The summed E-state index contributed by atoms with van der Waals surface area (Å²) in [6, 6.07) is 19.7. The van der Waals surface area contributed by atoms with Gasteiger partial charge in [0.05, 0.1) is 5.56 Å². The van der Waals surface area contributed by atoms with Gasteiger partial charge in [-0.15, -0.1) is 0 Å². The molecule has 3 aromatic carbocycles. The number of carbonyl (C=O) groups excluding carboxylic acids is 1. The van der Waals surface area contributed by atoms with Crippen LogP contribution in [0.1, 0.15) is 21.5 Å². The van der Waals surface area contributed by atoms with Crippen molar-refractivity contribution in [1.82, 2.24) is 0 Å². The van der Waals surface area contributed by atoms with E-state index in [4.69, 9.17) is 4.74 Å². The Hall–Kier alpha value is -3.08. The molecule has 0 N–H and O–H groups in total. The maximum Gasteiger partial charge on any atom is 0.416 e. The van der Waals surface area contributed by atoms with Crippen LogP contribution in [-0.2, 0) is 12.8 Å². The van der Waals surface area contributed by atoms with Gasteiger partial charge in [-0.2, -0.15) is 13.2 Å². The lowest BCUT2D eigenvalue weighted by molar-refractivity contribution is -0.137. The molecule has 0 aliphatic rings. The molecule has 0 radical (unpaired) electrons. The van der Waals surface area contributed by atoms with Crippen LogP contribution in [0, 0.1) is 0 Å². The van der Waals surface area contributed by atoms with Crippen LogP contribution < -0.4 is 4.74 Å². The zero-order valence-electron chi connectivity index (χ0n) is 13.7. The van der Waals surface area contributed by atoms with Gasteiger partial charge >= 0.3 is 6.18 Å². The lowest BCUT2D eigenvalue weighted by atomic mass is 9.98. The summed E-state index contributed by atoms with van der Waals surface area (Å²) in [5.41, 5.74) is 1.19. The lowest BCUT2D eigenvalue weighted by Crippen LogP contribution is -2.06. The summed E-state index contributed by atoms with van der Waals surface area (Å²) in [6.45, 7) is 0.373. The number of rotatable bonds is 5. The Morgan fingerprint density at radius 1 is 0.885 bits per heavy atom. The summed E-state index contributed by atoms with van der Waals surface area (Å²) in [6.07, 6.45) is -4.06. The molecule has 5 heteroatoms. The highest BCUT2D eigenvalue weighted by Crippen LogP contribution is 2.33. The fourth-order valence-electron chi connectivity index (χ4n) is 2.59. The largest absolute Gasteiger partial charge is 0.489 e. The highest BCUT2D eigenvalue weighted by molar-refractivity contribution is 5.88. The third-order valence-corrected chi connectivity index (χ3v) is 3.90. The zero-order valence-corrected chi connectivity index (χ0v) is 13.7. The fraction of sp³-hybridized carbons (Fsp3) is 0.0952. The monoisotopic (exact) mass is 356 g/mol. The molecular weight excluding hydrogens is 341 g/mol. The van der Waals surface area contributed by atoms with Crippen LogP contribution in [0.4, 0.5) is 13.2 Å². The molecule has 0 aliphatic heterocycles. The molecule has 0 spiro atoms. The van der Waals surface area contributed by atoms with Crippen molar-refractivity contribution in [2.45, 2.75) is 12.8 Å². The van der Waals surface area contributed by atoms with Gasteiger partial charge < -0.3 is 4.74 Å². The highest BCUT2D eigenvalue weighted by Gasteiger charge is 2.31. The molecule has 0 heterocycles. The Balaban J connectivity index is 1.87. The van der Waals surface area contributed by atoms with Crippen molar-refractivity contribution in [2.24, 2.45) is 0 Å². The average molecular weight is 356 g/mol. The smallest absolute Gasteiger partial charge is 0.416 e. The van der Waals surface area contributed by atoms with E-state index in [9.17, 15) is 18.0 Å². The van der Waals surface area contributed by atoms with E-state index in [1.165, 1.54) is 6.07 Å². The average Bonchev–Trinajstić information content (AvgIpc) is 2.66. The first-order valence-corrected chi connectivity index (χ1v) is 7.91. The first kappa shape index (κ1) is 17.7. The van der Waals surface area contributed by atoms with Gasteiger partial charge in [-0.3, -0.25) is 4.79 Å². The van der Waals surface area contributed by atoms with Crippen LogP contribution in [0.2, 0.25) is 0 Å². The summed E-state index contributed by atoms with van der Waals surface area (Å²) in [4.78, 5) is 11.3. The quantitative estimate of drug-likeness (QED) is 0.543. The Bertz CT molecular complexity index is 903. The predicted molar refractivity (Wildman–Crippen MR) is 93.0 cm³/mol. The van der Waals surface area contributed by atoms with Gasteiger partial charge in [0.15, 0.2) is 6.29 Å². The van der Waals surface area contributed by atoms with E-state index in [2.05, 4.69) is 0 Å². The van der Waals surface area contributed by atoms with Crippen LogP contribution in [0.5, 0.6) is 5.75 Å². The van der Waals surface area contributed by atoms with Crippen molar-refractivity contribution in [3.8, 4) is 16.9 Å². The van der Waals surface area contributed by atoms with Crippen molar-refractivity contribution >= 4 is 6.29 Å². The van der Waals surface area contributed by atoms with Crippen molar-refractivity contribution < 1.29 is 22.7 Å². The normalized spacial score (nSPS) is 11.2. The molecule has 3 rings (SSSR count). The van der Waals surface area contributed by atoms with Gasteiger partial charge in [-0.1, -0.05) is 48.5 Å². The third-order valence-electron chi connectivity index (χ3n) is 3.90. The number of carbonyl (C=O) groups is 1. The Morgan fingerprint density at radius 2 is 1.65 bits per heavy atom. The molecule has 0 amide bonds. The van der Waals surface area contributed by atoms with Gasteiger partial charge in [0, 0.05) is 5.56 Å². The molecule has 2 nitrogen and oxygen atoms in total. The number of ether oxygens (including phenoxy) is 1. The molecule has 0 fully saturated rings. The molecule has 0 saturated carbocycles. The number of aldehydes is 1. The zero-order chi connectivity index (χ0) is 18.6. The summed E-state index contributed by atoms with van der Waals surface area (Å²) in [5, 5.41) is 0. The SMILES string of the molecule is O=Cc1cc(C(F)(F)F)ccc1-c1cccc(OCc2ccccc2)c1. The number of halogens is 3. The second-order valence-electron chi connectivity index (χ2n) is 5.72. The van der Waals surface area contributed by atoms with E-state index < -0.39 is 11.7 Å². The van der Waals surface area contributed by atoms with E-state index in [1.54, 1.807) is 24.3 Å². The summed E-state index contributed by atoms with van der Waals surface area (Å²) in [7, 11) is 0.